The van der Waals surface area contributed by atoms with Gasteiger partial charge in [0.25, 0.3) is 17.5 Å². The Bertz CT molecular complexity index is 1050. The maximum atomic E-state index is 12.3. The molecule has 0 radical (unpaired) electrons. The first-order valence-electron chi connectivity index (χ1n) is 9.34. The van der Waals surface area contributed by atoms with Crippen LogP contribution in [-0.2, 0) is 22.4 Å². The van der Waals surface area contributed by atoms with Crippen LogP contribution >= 0.6 is 11.3 Å². The summed E-state index contributed by atoms with van der Waals surface area (Å²) >= 11 is 1.31. The van der Waals surface area contributed by atoms with E-state index in [4.69, 9.17) is 10.5 Å². The molecule has 1 aromatic carbocycles. The van der Waals surface area contributed by atoms with Crippen molar-refractivity contribution in [3.63, 3.8) is 0 Å². The number of nitrogens with zero attached hydrogens (tertiary/aromatic N) is 1. The Kier molecular flexibility index (Phi) is 6.16. The molecule has 0 fully saturated rings. The maximum absolute atomic E-state index is 12.3. The molecule has 1 aromatic heterocycles. The average molecular weight is 431 g/mol. The molecule has 1 atom stereocenters. The number of rotatable bonds is 6. The molecule has 3 N–H and O–H groups in total. The van der Waals surface area contributed by atoms with E-state index in [1.807, 2.05) is 0 Å². The fraction of sp³-hybridized carbons (Fsp3) is 0.350. The highest BCUT2D eigenvalue weighted by molar-refractivity contribution is 7.17. The number of primary amides is 1. The standard InChI is InChI=1S/C20H21N3O6S/c1-10-6-7-13-15(8-10)30-19(17(13)18(21)25)22-16(24)9-29-20(26)12-4-3-5-14(11(12)2)23(27)28/h3-5,10H,6-9H2,1-2H3,(H2,21,25)(H,22,24)/t10-/m1/s1. The van der Waals surface area contributed by atoms with E-state index in [1.165, 1.54) is 36.5 Å². The van der Waals surface area contributed by atoms with Crippen LogP contribution in [0.4, 0.5) is 10.7 Å². The number of nitrogens with one attached hydrogen (secondary N) is 1. The molecule has 0 spiro atoms. The van der Waals surface area contributed by atoms with Crippen molar-refractivity contribution in [3.8, 4) is 0 Å². The number of fused-ring (bicyclic) bond motifs is 1. The zero-order chi connectivity index (χ0) is 22.0. The molecule has 158 valence electrons. The summed E-state index contributed by atoms with van der Waals surface area (Å²) in [5, 5.41) is 14.0. The normalized spacial score (nSPS) is 15.2. The SMILES string of the molecule is Cc1c(C(=O)OCC(=O)Nc2sc3c(c2C(N)=O)CC[C@@H](C)C3)cccc1[N+](=O)[O-]. The van der Waals surface area contributed by atoms with Gasteiger partial charge in [0.05, 0.1) is 16.1 Å². The predicted molar refractivity (Wildman–Crippen MR) is 111 cm³/mol. The summed E-state index contributed by atoms with van der Waals surface area (Å²) in [6.07, 6.45) is 2.48. The first-order chi connectivity index (χ1) is 14.2. The second kappa shape index (κ2) is 8.62. The number of hydrogen-bond acceptors (Lipinski definition) is 7. The van der Waals surface area contributed by atoms with E-state index in [-0.39, 0.29) is 16.8 Å². The van der Waals surface area contributed by atoms with Gasteiger partial charge in [-0.1, -0.05) is 13.0 Å². The Hall–Kier alpha value is -3.27. The number of hydrogen-bond donors (Lipinski definition) is 2. The molecule has 10 heteroatoms. The van der Waals surface area contributed by atoms with Gasteiger partial charge in [-0.3, -0.25) is 19.7 Å². The van der Waals surface area contributed by atoms with Gasteiger partial charge in [0.1, 0.15) is 5.00 Å². The average Bonchev–Trinajstić information content (AvgIpc) is 3.02. The van der Waals surface area contributed by atoms with Gasteiger partial charge < -0.3 is 15.8 Å². The van der Waals surface area contributed by atoms with Gasteiger partial charge in [0.15, 0.2) is 6.61 Å². The zero-order valence-corrected chi connectivity index (χ0v) is 17.3. The molecule has 2 aromatic rings. The van der Waals surface area contributed by atoms with E-state index in [0.29, 0.717) is 16.5 Å². The highest BCUT2D eigenvalue weighted by Gasteiger charge is 2.27. The van der Waals surface area contributed by atoms with Crippen LogP contribution in [0.15, 0.2) is 18.2 Å². The minimum absolute atomic E-state index is 0.00963. The number of nitrogens with two attached hydrogens (primary N) is 1. The molecule has 1 heterocycles. The Labute approximate surface area is 176 Å². The summed E-state index contributed by atoms with van der Waals surface area (Å²) in [4.78, 5) is 48.0. The molecule has 1 aliphatic rings. The number of thiophene rings is 1. The number of nitro groups is 1. The summed E-state index contributed by atoms with van der Waals surface area (Å²) in [5.74, 6) is -1.59. The molecule has 1 aliphatic carbocycles. The van der Waals surface area contributed by atoms with Crippen molar-refractivity contribution in [1.29, 1.82) is 0 Å². The van der Waals surface area contributed by atoms with Crippen LogP contribution < -0.4 is 11.1 Å². The third kappa shape index (κ3) is 4.33. The lowest BCUT2D eigenvalue weighted by Gasteiger charge is -2.18. The molecular weight excluding hydrogens is 410 g/mol. The summed E-state index contributed by atoms with van der Waals surface area (Å²) in [6, 6.07) is 4.05. The highest BCUT2D eigenvalue weighted by atomic mass is 32.1. The van der Waals surface area contributed by atoms with Crippen LogP contribution in [0.2, 0.25) is 0 Å². The lowest BCUT2D eigenvalue weighted by Crippen LogP contribution is -2.23. The highest BCUT2D eigenvalue weighted by Crippen LogP contribution is 2.39. The molecule has 0 aliphatic heterocycles. The Balaban J connectivity index is 1.70. The molecule has 30 heavy (non-hydrogen) atoms. The third-order valence-corrected chi connectivity index (χ3v) is 6.24. The van der Waals surface area contributed by atoms with Gasteiger partial charge in [-0.2, -0.15) is 0 Å². The monoisotopic (exact) mass is 431 g/mol. The summed E-state index contributed by atoms with van der Waals surface area (Å²) in [6.45, 7) is 2.96. The van der Waals surface area contributed by atoms with Gasteiger partial charge in [0, 0.05) is 16.5 Å². The second-order valence-electron chi connectivity index (χ2n) is 7.25. The summed E-state index contributed by atoms with van der Waals surface area (Å²) in [7, 11) is 0. The number of benzene rings is 1. The van der Waals surface area contributed by atoms with Crippen LogP contribution in [0.1, 0.15) is 50.1 Å². The number of ether oxygens (including phenoxy) is 1. The van der Waals surface area contributed by atoms with E-state index in [2.05, 4.69) is 12.2 Å². The van der Waals surface area contributed by atoms with Gasteiger partial charge in [-0.05, 0) is 43.7 Å². The van der Waals surface area contributed by atoms with Crippen LogP contribution in [0.5, 0.6) is 0 Å². The predicted octanol–water partition coefficient (Wildman–Crippen LogP) is 2.98. The second-order valence-corrected chi connectivity index (χ2v) is 8.36. The van der Waals surface area contributed by atoms with Crippen molar-refractivity contribution in [2.45, 2.75) is 33.1 Å². The lowest BCUT2D eigenvalue weighted by molar-refractivity contribution is -0.385. The van der Waals surface area contributed by atoms with Crippen LogP contribution in [0.3, 0.4) is 0 Å². The van der Waals surface area contributed by atoms with E-state index < -0.39 is 29.3 Å². The van der Waals surface area contributed by atoms with Gasteiger partial charge in [-0.25, -0.2) is 4.79 Å². The minimum Gasteiger partial charge on any atom is -0.452 e. The van der Waals surface area contributed by atoms with Gasteiger partial charge >= 0.3 is 5.97 Å². The smallest absolute Gasteiger partial charge is 0.339 e. The first-order valence-corrected chi connectivity index (χ1v) is 10.2. The Morgan fingerprint density at radius 3 is 2.77 bits per heavy atom. The number of nitro benzene ring substituents is 1. The summed E-state index contributed by atoms with van der Waals surface area (Å²) < 4.78 is 5.01. The van der Waals surface area contributed by atoms with Crippen molar-refractivity contribution in [3.05, 3.63) is 55.4 Å². The fourth-order valence-electron chi connectivity index (χ4n) is 3.51. The number of carbonyl (C=O) groups is 3. The Morgan fingerprint density at radius 2 is 2.10 bits per heavy atom. The van der Waals surface area contributed by atoms with Crippen molar-refractivity contribution in [2.75, 3.05) is 11.9 Å². The van der Waals surface area contributed by atoms with Gasteiger partial charge in [0.2, 0.25) is 0 Å². The van der Waals surface area contributed by atoms with Crippen molar-refractivity contribution >= 4 is 39.8 Å². The van der Waals surface area contributed by atoms with E-state index in [0.717, 1.165) is 29.7 Å². The molecule has 3 rings (SSSR count). The number of amides is 2. The topological polar surface area (TPSA) is 142 Å². The fourth-order valence-corrected chi connectivity index (χ4v) is 4.95. The van der Waals surface area contributed by atoms with Crippen molar-refractivity contribution < 1.29 is 24.0 Å². The molecule has 0 saturated heterocycles. The molecule has 0 unspecified atom stereocenters. The third-order valence-electron chi connectivity index (χ3n) is 5.07. The van der Waals surface area contributed by atoms with Crippen LogP contribution in [0.25, 0.3) is 0 Å². The lowest BCUT2D eigenvalue weighted by atomic mass is 9.88. The van der Waals surface area contributed by atoms with Crippen molar-refractivity contribution in [1.82, 2.24) is 0 Å². The molecule has 0 bridgehead atoms. The van der Waals surface area contributed by atoms with Crippen molar-refractivity contribution in [2.24, 2.45) is 11.7 Å². The largest absolute Gasteiger partial charge is 0.452 e. The molecular formula is C20H21N3O6S. The molecule has 9 nitrogen and oxygen atoms in total. The van der Waals surface area contributed by atoms with E-state index >= 15 is 0 Å². The number of carbonyl (C=O) groups excluding carboxylic acids is 3. The Morgan fingerprint density at radius 1 is 1.37 bits per heavy atom. The molecule has 2 amide bonds. The zero-order valence-electron chi connectivity index (χ0n) is 16.5. The quantitative estimate of drug-likeness (QED) is 0.409. The maximum Gasteiger partial charge on any atom is 0.339 e. The van der Waals surface area contributed by atoms with E-state index in [1.54, 1.807) is 0 Å². The number of anilines is 1. The van der Waals surface area contributed by atoms with Gasteiger partial charge in [-0.15, -0.1) is 11.3 Å². The minimum atomic E-state index is -0.847. The number of esters is 1. The summed E-state index contributed by atoms with van der Waals surface area (Å²) in [5.41, 5.74) is 6.67. The van der Waals surface area contributed by atoms with Crippen LogP contribution in [0, 0.1) is 23.0 Å². The van der Waals surface area contributed by atoms with E-state index in [9.17, 15) is 24.5 Å². The first kappa shape index (κ1) is 21.4. The molecule has 0 saturated carbocycles. The van der Waals surface area contributed by atoms with Crippen LogP contribution in [-0.4, -0.2) is 29.3 Å².